The number of benzene rings is 2. The molecule has 0 fully saturated rings. The minimum atomic E-state index is -1.40. The summed E-state index contributed by atoms with van der Waals surface area (Å²) in [5.41, 5.74) is 0.892. The maximum Gasteiger partial charge on any atom is 0.407 e. The van der Waals surface area contributed by atoms with Crippen molar-refractivity contribution in [1.29, 1.82) is 0 Å². The van der Waals surface area contributed by atoms with Crippen LogP contribution in [-0.4, -0.2) is 79.2 Å². The van der Waals surface area contributed by atoms with E-state index in [1.54, 1.807) is 20.8 Å². The first-order chi connectivity index (χ1) is 20.4. The molecular weight excluding hydrogens is 552 g/mol. The van der Waals surface area contributed by atoms with Gasteiger partial charge < -0.3 is 35.3 Å². The summed E-state index contributed by atoms with van der Waals surface area (Å²) in [4.78, 5) is 39.7. The Labute approximate surface area is 254 Å². The van der Waals surface area contributed by atoms with E-state index < -0.39 is 41.8 Å². The first kappa shape index (κ1) is 33.8. The number of hydrogen-bond acceptors (Lipinski definition) is 8. The number of nitrogens with one attached hydrogen (secondary N) is 4. The van der Waals surface area contributed by atoms with Gasteiger partial charge in [-0.3, -0.25) is 14.9 Å². The van der Waals surface area contributed by atoms with Crippen LogP contribution >= 0.6 is 0 Å². The number of hydrogen-bond donors (Lipinski definition) is 5. The van der Waals surface area contributed by atoms with Gasteiger partial charge in [0.2, 0.25) is 11.8 Å². The number of amides is 3. The Balaban J connectivity index is 1.94. The van der Waals surface area contributed by atoms with Crippen LogP contribution in [0.25, 0.3) is 0 Å². The molecule has 3 rings (SSSR count). The van der Waals surface area contributed by atoms with Crippen LogP contribution in [0.3, 0.4) is 0 Å². The van der Waals surface area contributed by atoms with E-state index in [1.807, 2.05) is 68.4 Å². The molecule has 11 heteroatoms. The Morgan fingerprint density at radius 3 is 2.47 bits per heavy atom. The molecule has 1 aliphatic heterocycles. The number of rotatable bonds is 6. The minimum absolute atomic E-state index is 0.200. The van der Waals surface area contributed by atoms with E-state index in [2.05, 4.69) is 21.3 Å². The lowest BCUT2D eigenvalue weighted by Crippen LogP contribution is -2.62. The van der Waals surface area contributed by atoms with E-state index in [0.29, 0.717) is 19.0 Å². The Hall–Kier alpha value is -3.67. The molecule has 2 bridgehead atoms. The number of ether oxygens (including phenoxy) is 3. The minimum Gasteiger partial charge on any atom is -0.491 e. The average Bonchev–Trinajstić information content (AvgIpc) is 2.94. The summed E-state index contributed by atoms with van der Waals surface area (Å²) < 4.78 is 16.8. The zero-order valence-corrected chi connectivity index (χ0v) is 25.7. The van der Waals surface area contributed by atoms with E-state index in [1.165, 1.54) is 0 Å². The lowest BCUT2D eigenvalue weighted by molar-refractivity contribution is -0.133. The molecule has 2 aromatic rings. The molecule has 2 aromatic carbocycles. The van der Waals surface area contributed by atoms with Crippen LogP contribution in [0.5, 0.6) is 5.75 Å². The van der Waals surface area contributed by atoms with E-state index in [4.69, 9.17) is 14.2 Å². The van der Waals surface area contributed by atoms with Crippen molar-refractivity contribution in [3.63, 3.8) is 0 Å². The highest BCUT2D eigenvalue weighted by molar-refractivity contribution is 5.90. The highest BCUT2D eigenvalue weighted by Gasteiger charge is 2.37. The van der Waals surface area contributed by atoms with E-state index in [9.17, 15) is 19.5 Å². The summed E-state index contributed by atoms with van der Waals surface area (Å²) >= 11 is 0. The Kier molecular flexibility index (Phi) is 12.8. The third kappa shape index (κ3) is 11.5. The van der Waals surface area contributed by atoms with Gasteiger partial charge in [-0.2, -0.15) is 0 Å². The SMILES string of the molecule is CC(C)[C@@H]1NC(=O)[C@@H]([C@H](O)[C@H](Cc2ccccc2)NC(=O)OC(C)(C)C)NCc2cccc(c2)OCCOCCNC1=O. The second-order valence-electron chi connectivity index (χ2n) is 11.9. The van der Waals surface area contributed by atoms with Gasteiger partial charge in [-0.15, -0.1) is 0 Å². The summed E-state index contributed by atoms with van der Waals surface area (Å²) in [5.74, 6) is -0.552. The van der Waals surface area contributed by atoms with Gasteiger partial charge in [-0.1, -0.05) is 56.3 Å². The van der Waals surface area contributed by atoms with Gasteiger partial charge in [0.1, 0.15) is 30.0 Å². The summed E-state index contributed by atoms with van der Waals surface area (Å²) in [6.45, 7) is 10.3. The maximum absolute atomic E-state index is 13.9. The second-order valence-corrected chi connectivity index (χ2v) is 11.9. The second kappa shape index (κ2) is 16.3. The summed E-state index contributed by atoms with van der Waals surface area (Å²) in [6.07, 6.45) is -1.90. The molecule has 5 N–H and O–H groups in total. The molecule has 0 saturated heterocycles. The largest absolute Gasteiger partial charge is 0.491 e. The van der Waals surface area contributed by atoms with Gasteiger partial charge in [-0.25, -0.2) is 4.79 Å². The van der Waals surface area contributed by atoms with Crippen molar-refractivity contribution < 1.29 is 33.7 Å². The highest BCUT2D eigenvalue weighted by atomic mass is 16.6. The van der Waals surface area contributed by atoms with Crippen molar-refractivity contribution in [3.8, 4) is 5.75 Å². The topological polar surface area (TPSA) is 147 Å². The van der Waals surface area contributed by atoms with Crippen LogP contribution in [0.15, 0.2) is 54.6 Å². The third-order valence-electron chi connectivity index (χ3n) is 6.75. The Morgan fingerprint density at radius 2 is 1.77 bits per heavy atom. The van der Waals surface area contributed by atoms with Gasteiger partial charge in [0.25, 0.3) is 0 Å². The lowest BCUT2D eigenvalue weighted by Gasteiger charge is -2.33. The van der Waals surface area contributed by atoms with Crippen molar-refractivity contribution >= 4 is 17.9 Å². The van der Waals surface area contributed by atoms with Gasteiger partial charge in [0, 0.05) is 13.1 Å². The molecular formula is C32H46N4O7. The van der Waals surface area contributed by atoms with Crippen LogP contribution in [-0.2, 0) is 32.0 Å². The molecule has 0 unspecified atom stereocenters. The van der Waals surface area contributed by atoms with Crippen LogP contribution in [0.4, 0.5) is 4.79 Å². The van der Waals surface area contributed by atoms with E-state index in [0.717, 1.165) is 11.1 Å². The van der Waals surface area contributed by atoms with Crippen LogP contribution < -0.4 is 26.0 Å². The monoisotopic (exact) mass is 598 g/mol. The smallest absolute Gasteiger partial charge is 0.407 e. The number of alkyl carbamates (subject to hydrolysis) is 1. The highest BCUT2D eigenvalue weighted by Crippen LogP contribution is 2.16. The number of carbonyl (C=O) groups is 3. The van der Waals surface area contributed by atoms with Crippen molar-refractivity contribution in [3.05, 3.63) is 65.7 Å². The number of aliphatic hydroxyl groups excluding tert-OH is 1. The average molecular weight is 599 g/mol. The predicted octanol–water partition coefficient (Wildman–Crippen LogP) is 2.31. The van der Waals surface area contributed by atoms with Crippen molar-refractivity contribution in [2.24, 2.45) is 5.92 Å². The molecule has 1 aliphatic rings. The summed E-state index contributed by atoms with van der Waals surface area (Å²) in [6, 6.07) is 13.7. The van der Waals surface area contributed by atoms with Gasteiger partial charge in [-0.05, 0) is 56.4 Å². The fourth-order valence-electron chi connectivity index (χ4n) is 4.61. The number of carbonyl (C=O) groups excluding carboxylic acids is 3. The van der Waals surface area contributed by atoms with Crippen molar-refractivity contribution in [2.45, 2.75) is 77.4 Å². The molecule has 0 radical (unpaired) electrons. The summed E-state index contributed by atoms with van der Waals surface area (Å²) in [5, 5.41) is 23.3. The number of fused-ring (bicyclic) bond motifs is 2. The molecule has 3 amide bonds. The van der Waals surface area contributed by atoms with Gasteiger partial charge >= 0.3 is 6.09 Å². The molecule has 43 heavy (non-hydrogen) atoms. The van der Waals surface area contributed by atoms with Crippen LogP contribution in [0, 0.1) is 5.92 Å². The Bertz CT molecular complexity index is 1190. The molecule has 1 heterocycles. The predicted molar refractivity (Wildman–Crippen MR) is 162 cm³/mol. The lowest BCUT2D eigenvalue weighted by atomic mass is 9.94. The standard InChI is InChI=1S/C32H46N4O7/c1-21(2)26-29(38)33-14-15-41-16-17-42-24-13-9-12-23(18-24)20-34-27(30(39)36-26)28(37)25(19-22-10-7-6-8-11-22)35-31(40)43-32(3,4)5/h6-13,18,21,25-28,34,37H,14-17,19-20H2,1-5H3,(H,33,38)(H,35,40)(H,36,39)/t25-,26-,27+,28+/m0/s1. The van der Waals surface area contributed by atoms with Crippen molar-refractivity contribution in [1.82, 2.24) is 21.3 Å². The van der Waals surface area contributed by atoms with Crippen LogP contribution in [0.1, 0.15) is 45.7 Å². The summed E-state index contributed by atoms with van der Waals surface area (Å²) in [7, 11) is 0. The van der Waals surface area contributed by atoms with E-state index in [-0.39, 0.29) is 37.9 Å². The molecule has 0 aromatic heterocycles. The zero-order valence-electron chi connectivity index (χ0n) is 25.7. The fourth-order valence-corrected chi connectivity index (χ4v) is 4.61. The van der Waals surface area contributed by atoms with E-state index >= 15 is 0 Å². The molecule has 236 valence electrons. The molecule has 11 nitrogen and oxygen atoms in total. The molecule has 0 saturated carbocycles. The fraction of sp³-hybridized carbons (Fsp3) is 0.531. The zero-order chi connectivity index (χ0) is 31.4. The number of aliphatic hydroxyl groups is 1. The normalized spacial score (nSPS) is 20.5. The van der Waals surface area contributed by atoms with Crippen LogP contribution in [0.2, 0.25) is 0 Å². The first-order valence-electron chi connectivity index (χ1n) is 14.8. The van der Waals surface area contributed by atoms with Gasteiger partial charge in [0.05, 0.1) is 25.4 Å². The van der Waals surface area contributed by atoms with Crippen molar-refractivity contribution in [2.75, 3.05) is 26.4 Å². The molecule has 0 spiro atoms. The Morgan fingerprint density at radius 1 is 1.02 bits per heavy atom. The molecule has 0 aliphatic carbocycles. The quantitative estimate of drug-likeness (QED) is 0.341. The van der Waals surface area contributed by atoms with Gasteiger partial charge in [0.15, 0.2) is 0 Å². The third-order valence-corrected chi connectivity index (χ3v) is 6.75. The maximum atomic E-state index is 13.9. The molecule has 4 atom stereocenters. The first-order valence-corrected chi connectivity index (χ1v) is 14.8.